The van der Waals surface area contributed by atoms with E-state index in [1.54, 1.807) is 11.8 Å². The molecule has 0 bridgehead atoms. The lowest BCUT2D eigenvalue weighted by Crippen LogP contribution is -2.25. The minimum Gasteiger partial charge on any atom is -0.366 e. The average molecular weight is 313 g/mol. The first-order chi connectivity index (χ1) is 9.95. The Morgan fingerprint density at radius 1 is 1.29 bits per heavy atom. The van der Waals surface area contributed by atoms with Gasteiger partial charge in [-0.05, 0) is 36.6 Å². The fourth-order valence-electron chi connectivity index (χ4n) is 2.09. The van der Waals surface area contributed by atoms with Gasteiger partial charge in [0.15, 0.2) is 0 Å². The van der Waals surface area contributed by atoms with Crippen LogP contribution in [0, 0.1) is 0 Å². The quantitative estimate of drug-likeness (QED) is 0.752. The van der Waals surface area contributed by atoms with Gasteiger partial charge in [0.05, 0.1) is 12.1 Å². The Balaban J connectivity index is 2.42. The third-order valence-electron chi connectivity index (χ3n) is 3.11. The van der Waals surface area contributed by atoms with E-state index in [4.69, 9.17) is 0 Å². The van der Waals surface area contributed by atoms with Crippen LogP contribution in [0.1, 0.15) is 27.7 Å². The van der Waals surface area contributed by atoms with Crippen molar-refractivity contribution in [2.75, 3.05) is 11.4 Å². The molecule has 0 atom stereocenters. The highest BCUT2D eigenvalue weighted by Gasteiger charge is 2.35. The summed E-state index contributed by atoms with van der Waals surface area (Å²) in [7, 11) is 0. The topological polar surface area (TPSA) is 20.3 Å². The SMILES string of the molecule is CCN(Cc1cccs1)c1ccc(C=O)cc1C(F)(F)F. The maximum Gasteiger partial charge on any atom is 0.418 e. The van der Waals surface area contributed by atoms with E-state index in [1.807, 2.05) is 17.5 Å². The Labute approximate surface area is 124 Å². The van der Waals surface area contributed by atoms with E-state index in [1.165, 1.54) is 23.5 Å². The third kappa shape index (κ3) is 3.64. The highest BCUT2D eigenvalue weighted by molar-refractivity contribution is 7.09. The van der Waals surface area contributed by atoms with E-state index < -0.39 is 11.7 Å². The number of nitrogens with zero attached hydrogens (tertiary/aromatic N) is 1. The van der Waals surface area contributed by atoms with Crippen molar-refractivity contribution in [3.8, 4) is 0 Å². The van der Waals surface area contributed by atoms with Gasteiger partial charge in [-0.1, -0.05) is 6.07 Å². The van der Waals surface area contributed by atoms with Gasteiger partial charge < -0.3 is 4.90 Å². The summed E-state index contributed by atoms with van der Waals surface area (Å²) in [5.41, 5.74) is -0.646. The highest BCUT2D eigenvalue weighted by atomic mass is 32.1. The number of hydrogen-bond acceptors (Lipinski definition) is 3. The molecule has 2 nitrogen and oxygen atoms in total. The molecule has 0 saturated heterocycles. The Bertz CT molecular complexity index is 608. The first kappa shape index (κ1) is 15.6. The van der Waals surface area contributed by atoms with Gasteiger partial charge in [-0.15, -0.1) is 11.3 Å². The molecule has 112 valence electrons. The summed E-state index contributed by atoms with van der Waals surface area (Å²) in [6.07, 6.45) is -4.06. The van der Waals surface area contributed by atoms with Crippen molar-refractivity contribution in [2.24, 2.45) is 0 Å². The lowest BCUT2D eigenvalue weighted by atomic mass is 10.1. The number of thiophene rings is 1. The van der Waals surface area contributed by atoms with Gasteiger partial charge in [-0.3, -0.25) is 4.79 Å². The molecule has 0 N–H and O–H groups in total. The molecule has 0 saturated carbocycles. The number of anilines is 1. The minimum absolute atomic E-state index is 0.0262. The van der Waals surface area contributed by atoms with Gasteiger partial charge >= 0.3 is 6.18 Å². The molecular weight excluding hydrogens is 299 g/mol. The zero-order valence-corrected chi connectivity index (χ0v) is 12.2. The molecule has 2 aromatic rings. The van der Waals surface area contributed by atoms with E-state index in [2.05, 4.69) is 0 Å². The van der Waals surface area contributed by atoms with Crippen LogP contribution in [0.2, 0.25) is 0 Å². The zero-order chi connectivity index (χ0) is 15.5. The number of carbonyl (C=O) groups is 1. The molecule has 0 fully saturated rings. The van der Waals surface area contributed by atoms with Gasteiger partial charge in [0, 0.05) is 22.7 Å². The molecule has 1 heterocycles. The van der Waals surface area contributed by atoms with Gasteiger partial charge in [0.25, 0.3) is 0 Å². The summed E-state index contributed by atoms with van der Waals surface area (Å²) >= 11 is 1.50. The molecule has 0 spiro atoms. The zero-order valence-electron chi connectivity index (χ0n) is 11.4. The Kier molecular flexibility index (Phi) is 4.67. The molecule has 0 aliphatic heterocycles. The van der Waals surface area contributed by atoms with E-state index in [0.717, 1.165) is 10.9 Å². The van der Waals surface area contributed by atoms with Crippen molar-refractivity contribution < 1.29 is 18.0 Å². The Morgan fingerprint density at radius 2 is 2.05 bits per heavy atom. The Morgan fingerprint density at radius 3 is 2.57 bits per heavy atom. The van der Waals surface area contributed by atoms with Crippen LogP contribution in [0.4, 0.5) is 18.9 Å². The van der Waals surface area contributed by atoms with Crippen LogP contribution >= 0.6 is 11.3 Å². The third-order valence-corrected chi connectivity index (χ3v) is 3.97. The second-order valence-electron chi connectivity index (χ2n) is 4.49. The van der Waals surface area contributed by atoms with Crippen molar-refractivity contribution in [2.45, 2.75) is 19.6 Å². The number of alkyl halides is 3. The number of halogens is 3. The predicted molar refractivity (Wildman–Crippen MR) is 77.9 cm³/mol. The molecule has 1 aromatic carbocycles. The predicted octanol–water partition coefficient (Wildman–Crippen LogP) is 4.61. The van der Waals surface area contributed by atoms with Crippen molar-refractivity contribution in [1.29, 1.82) is 0 Å². The highest BCUT2D eigenvalue weighted by Crippen LogP contribution is 2.37. The van der Waals surface area contributed by atoms with Crippen LogP contribution < -0.4 is 4.90 Å². The molecule has 0 aliphatic rings. The number of carbonyl (C=O) groups excluding carboxylic acids is 1. The van der Waals surface area contributed by atoms with Crippen molar-refractivity contribution in [1.82, 2.24) is 0 Å². The van der Waals surface area contributed by atoms with Gasteiger partial charge in [-0.2, -0.15) is 13.2 Å². The number of hydrogen-bond donors (Lipinski definition) is 0. The first-order valence-electron chi connectivity index (χ1n) is 6.39. The average Bonchev–Trinajstić information content (AvgIpc) is 2.96. The molecule has 0 amide bonds. The van der Waals surface area contributed by atoms with Crippen LogP contribution in [-0.2, 0) is 12.7 Å². The van der Waals surface area contributed by atoms with Crippen LogP contribution in [0.5, 0.6) is 0 Å². The van der Waals surface area contributed by atoms with Gasteiger partial charge in [0.2, 0.25) is 0 Å². The summed E-state index contributed by atoms with van der Waals surface area (Å²) in [6, 6.07) is 7.44. The maximum absolute atomic E-state index is 13.2. The van der Waals surface area contributed by atoms with Crippen molar-refractivity contribution >= 4 is 23.3 Å². The van der Waals surface area contributed by atoms with Crippen LogP contribution in [0.15, 0.2) is 35.7 Å². The standard InChI is InChI=1S/C15H14F3NOS/c1-2-19(9-12-4-3-7-21-12)14-6-5-11(10-20)8-13(14)15(16,17)18/h3-8,10H,2,9H2,1H3. The summed E-state index contributed by atoms with van der Waals surface area (Å²) in [5, 5.41) is 1.89. The molecule has 6 heteroatoms. The van der Waals surface area contributed by atoms with E-state index in [0.29, 0.717) is 19.4 Å². The Hall–Kier alpha value is -1.82. The monoisotopic (exact) mass is 313 g/mol. The van der Waals surface area contributed by atoms with Crippen LogP contribution in [-0.4, -0.2) is 12.8 Å². The van der Waals surface area contributed by atoms with E-state index in [-0.39, 0.29) is 11.3 Å². The number of benzene rings is 1. The largest absolute Gasteiger partial charge is 0.418 e. The minimum atomic E-state index is -4.49. The first-order valence-corrected chi connectivity index (χ1v) is 7.27. The fourth-order valence-corrected chi connectivity index (χ4v) is 2.81. The maximum atomic E-state index is 13.2. The summed E-state index contributed by atoms with van der Waals surface area (Å²) < 4.78 is 39.6. The molecule has 0 aliphatic carbocycles. The summed E-state index contributed by atoms with van der Waals surface area (Å²) in [4.78, 5) is 13.4. The molecule has 21 heavy (non-hydrogen) atoms. The fraction of sp³-hybridized carbons (Fsp3) is 0.267. The number of aldehydes is 1. The van der Waals surface area contributed by atoms with E-state index in [9.17, 15) is 18.0 Å². The molecule has 2 rings (SSSR count). The second kappa shape index (κ2) is 6.30. The smallest absolute Gasteiger partial charge is 0.366 e. The normalized spacial score (nSPS) is 11.4. The number of rotatable bonds is 5. The summed E-state index contributed by atoms with van der Waals surface area (Å²) in [6.45, 7) is 2.67. The van der Waals surface area contributed by atoms with Gasteiger partial charge in [0.1, 0.15) is 6.29 Å². The molecule has 1 aromatic heterocycles. The van der Waals surface area contributed by atoms with Crippen molar-refractivity contribution in [3.05, 3.63) is 51.7 Å². The summed E-state index contributed by atoms with van der Waals surface area (Å²) in [5.74, 6) is 0. The van der Waals surface area contributed by atoms with Crippen LogP contribution in [0.3, 0.4) is 0 Å². The lowest BCUT2D eigenvalue weighted by molar-refractivity contribution is -0.137. The second-order valence-corrected chi connectivity index (χ2v) is 5.52. The molecule has 0 unspecified atom stereocenters. The lowest BCUT2D eigenvalue weighted by Gasteiger charge is -2.26. The van der Waals surface area contributed by atoms with Crippen molar-refractivity contribution in [3.63, 3.8) is 0 Å². The van der Waals surface area contributed by atoms with Crippen LogP contribution in [0.25, 0.3) is 0 Å². The van der Waals surface area contributed by atoms with E-state index >= 15 is 0 Å². The van der Waals surface area contributed by atoms with Gasteiger partial charge in [-0.25, -0.2) is 0 Å². The molecular formula is C15H14F3NOS. The molecule has 0 radical (unpaired) electrons.